The van der Waals surface area contributed by atoms with Gasteiger partial charge in [0.15, 0.2) is 0 Å². The molecule has 2 heterocycles. The number of aromatic nitrogens is 1. The number of rotatable bonds is 4. The lowest BCUT2D eigenvalue weighted by molar-refractivity contribution is -0.138. The predicted molar refractivity (Wildman–Crippen MR) is 79.1 cm³/mol. The summed E-state index contributed by atoms with van der Waals surface area (Å²) in [6.45, 7) is 6.42. The summed E-state index contributed by atoms with van der Waals surface area (Å²) >= 11 is 12.3. The molecule has 0 radical (unpaired) electrons. The molecule has 0 spiro atoms. The molecule has 20 heavy (non-hydrogen) atoms. The minimum absolute atomic E-state index is 0.0234. The molecule has 1 aliphatic rings. The molecule has 1 aromatic heterocycles. The van der Waals surface area contributed by atoms with Gasteiger partial charge in [-0.15, -0.1) is 0 Å². The number of carbonyl (C=O) groups is 1. The molecule has 1 fully saturated rings. The molecule has 6 heteroatoms. The van der Waals surface area contributed by atoms with E-state index in [1.165, 1.54) is 0 Å². The summed E-state index contributed by atoms with van der Waals surface area (Å²) in [5.41, 5.74) is 0.833. The number of carboxylic acid groups (broad SMARTS) is 1. The average molecular weight is 317 g/mol. The first kappa shape index (κ1) is 15.5. The molecule has 4 nitrogen and oxygen atoms in total. The molecule has 0 bridgehead atoms. The van der Waals surface area contributed by atoms with Gasteiger partial charge in [0.25, 0.3) is 0 Å². The lowest BCUT2D eigenvalue weighted by atomic mass is 9.80. The van der Waals surface area contributed by atoms with Crippen LogP contribution in [-0.4, -0.2) is 34.0 Å². The van der Waals surface area contributed by atoms with E-state index >= 15 is 0 Å². The second kappa shape index (κ2) is 5.88. The minimum Gasteiger partial charge on any atom is -0.481 e. The van der Waals surface area contributed by atoms with E-state index in [1.807, 2.05) is 0 Å². The van der Waals surface area contributed by atoms with Crippen molar-refractivity contribution < 1.29 is 9.90 Å². The first-order chi connectivity index (χ1) is 9.29. The zero-order valence-electron chi connectivity index (χ0n) is 11.6. The fourth-order valence-electron chi connectivity index (χ4n) is 2.81. The Morgan fingerprint density at radius 1 is 1.45 bits per heavy atom. The lowest BCUT2D eigenvalue weighted by Crippen LogP contribution is -2.25. The van der Waals surface area contributed by atoms with Gasteiger partial charge in [-0.1, -0.05) is 37.0 Å². The van der Waals surface area contributed by atoms with Gasteiger partial charge < -0.3 is 5.11 Å². The van der Waals surface area contributed by atoms with Crippen LogP contribution in [0.15, 0.2) is 12.4 Å². The van der Waals surface area contributed by atoms with Crippen molar-refractivity contribution in [3.63, 3.8) is 0 Å². The molecule has 0 saturated carbocycles. The second-order valence-electron chi connectivity index (χ2n) is 6.03. The van der Waals surface area contributed by atoms with Crippen LogP contribution in [-0.2, 0) is 11.3 Å². The van der Waals surface area contributed by atoms with E-state index in [0.717, 1.165) is 18.7 Å². The molecule has 0 amide bonds. The Kier molecular flexibility index (Phi) is 4.57. The molecule has 1 saturated heterocycles. The number of pyridine rings is 1. The summed E-state index contributed by atoms with van der Waals surface area (Å²) in [5, 5.41) is 10.1. The zero-order chi connectivity index (χ0) is 14.9. The number of hydrogen-bond acceptors (Lipinski definition) is 3. The minimum atomic E-state index is -0.745. The van der Waals surface area contributed by atoms with Gasteiger partial charge >= 0.3 is 5.97 Å². The third kappa shape index (κ3) is 3.43. The van der Waals surface area contributed by atoms with Crippen molar-refractivity contribution in [2.45, 2.75) is 26.8 Å². The number of halogens is 2. The van der Waals surface area contributed by atoms with Gasteiger partial charge in [-0.3, -0.25) is 14.7 Å². The molecule has 110 valence electrons. The molecule has 1 unspecified atom stereocenters. The number of carboxylic acids is 1. The van der Waals surface area contributed by atoms with Crippen LogP contribution in [0.5, 0.6) is 0 Å². The van der Waals surface area contributed by atoms with Crippen LogP contribution in [0.4, 0.5) is 0 Å². The second-order valence-corrected chi connectivity index (χ2v) is 6.85. The van der Waals surface area contributed by atoms with Crippen LogP contribution in [0.3, 0.4) is 0 Å². The lowest BCUT2D eigenvalue weighted by Gasteiger charge is -2.24. The van der Waals surface area contributed by atoms with Gasteiger partial charge in [0.1, 0.15) is 0 Å². The summed E-state index contributed by atoms with van der Waals surface area (Å²) in [7, 11) is 0. The van der Waals surface area contributed by atoms with Gasteiger partial charge in [-0.25, -0.2) is 0 Å². The molecule has 1 atom stereocenters. The van der Waals surface area contributed by atoms with Crippen molar-refractivity contribution in [2.24, 2.45) is 11.3 Å². The van der Waals surface area contributed by atoms with E-state index in [4.69, 9.17) is 28.3 Å². The molecule has 1 N–H and O–H groups in total. The first-order valence-electron chi connectivity index (χ1n) is 6.51. The number of aliphatic carboxylic acids is 1. The van der Waals surface area contributed by atoms with Gasteiger partial charge in [0.2, 0.25) is 0 Å². The topological polar surface area (TPSA) is 53.4 Å². The molecular formula is C14H18Cl2N2O2. The van der Waals surface area contributed by atoms with E-state index < -0.39 is 5.97 Å². The van der Waals surface area contributed by atoms with Crippen molar-refractivity contribution in [2.75, 3.05) is 13.1 Å². The van der Waals surface area contributed by atoms with Crippen LogP contribution in [0.1, 0.15) is 25.8 Å². The highest BCUT2D eigenvalue weighted by Gasteiger charge is 2.40. The Hall–Kier alpha value is -0.840. The van der Waals surface area contributed by atoms with Crippen molar-refractivity contribution in [3.8, 4) is 0 Å². The smallest absolute Gasteiger partial charge is 0.303 e. The van der Waals surface area contributed by atoms with Gasteiger partial charge in [0.05, 0.1) is 10.0 Å². The fourth-order valence-corrected chi connectivity index (χ4v) is 3.30. The normalized spacial score (nSPS) is 22.1. The summed E-state index contributed by atoms with van der Waals surface area (Å²) in [4.78, 5) is 17.1. The average Bonchev–Trinajstić information content (AvgIpc) is 2.58. The standard InChI is InChI=1S/C14H18Cl2N2O2/c1-14(2)8-18(6-9(14)3-13(19)20)7-10-11(15)4-17-5-12(10)16/h4-5,9H,3,6-8H2,1-2H3,(H,19,20). The third-order valence-electron chi connectivity index (χ3n) is 3.97. The molecular weight excluding hydrogens is 299 g/mol. The summed E-state index contributed by atoms with van der Waals surface area (Å²) in [6, 6.07) is 0. The highest BCUT2D eigenvalue weighted by atomic mass is 35.5. The molecule has 1 aliphatic heterocycles. The monoisotopic (exact) mass is 316 g/mol. The van der Waals surface area contributed by atoms with E-state index in [2.05, 4.69) is 23.7 Å². The Morgan fingerprint density at radius 2 is 2.05 bits per heavy atom. The number of likely N-dealkylation sites (tertiary alicyclic amines) is 1. The number of hydrogen-bond donors (Lipinski definition) is 1. The fraction of sp³-hybridized carbons (Fsp3) is 0.571. The van der Waals surface area contributed by atoms with E-state index in [9.17, 15) is 4.79 Å². The Morgan fingerprint density at radius 3 is 2.60 bits per heavy atom. The quantitative estimate of drug-likeness (QED) is 0.925. The zero-order valence-corrected chi connectivity index (χ0v) is 13.1. The maximum atomic E-state index is 10.9. The van der Waals surface area contributed by atoms with Crippen LogP contribution in [0.2, 0.25) is 10.0 Å². The van der Waals surface area contributed by atoms with E-state index in [1.54, 1.807) is 12.4 Å². The summed E-state index contributed by atoms with van der Waals surface area (Å²) in [5.74, 6) is -0.607. The largest absolute Gasteiger partial charge is 0.481 e. The van der Waals surface area contributed by atoms with Crippen molar-refractivity contribution in [1.29, 1.82) is 0 Å². The van der Waals surface area contributed by atoms with Crippen LogP contribution in [0.25, 0.3) is 0 Å². The van der Waals surface area contributed by atoms with E-state index in [0.29, 0.717) is 16.6 Å². The summed E-state index contributed by atoms with van der Waals surface area (Å²) < 4.78 is 0. The predicted octanol–water partition coefficient (Wildman–Crippen LogP) is 3.32. The first-order valence-corrected chi connectivity index (χ1v) is 7.27. The third-order valence-corrected chi connectivity index (χ3v) is 4.62. The van der Waals surface area contributed by atoms with Gasteiger partial charge in [-0.2, -0.15) is 0 Å². The highest BCUT2D eigenvalue weighted by molar-refractivity contribution is 6.35. The molecule has 0 aromatic carbocycles. The molecule has 0 aliphatic carbocycles. The maximum absolute atomic E-state index is 10.9. The van der Waals surface area contributed by atoms with Gasteiger partial charge in [0, 0.05) is 44.0 Å². The maximum Gasteiger partial charge on any atom is 0.303 e. The van der Waals surface area contributed by atoms with Crippen molar-refractivity contribution in [3.05, 3.63) is 28.0 Å². The Labute approximate surface area is 128 Å². The Balaban J connectivity index is 2.11. The Bertz CT molecular complexity index is 500. The van der Waals surface area contributed by atoms with Crippen LogP contribution < -0.4 is 0 Å². The van der Waals surface area contributed by atoms with Crippen LogP contribution >= 0.6 is 23.2 Å². The highest BCUT2D eigenvalue weighted by Crippen LogP contribution is 2.38. The van der Waals surface area contributed by atoms with E-state index in [-0.39, 0.29) is 17.8 Å². The van der Waals surface area contributed by atoms with Gasteiger partial charge in [-0.05, 0) is 11.3 Å². The number of nitrogens with zero attached hydrogens (tertiary/aromatic N) is 2. The van der Waals surface area contributed by atoms with Crippen molar-refractivity contribution in [1.82, 2.24) is 9.88 Å². The molecule has 2 rings (SSSR count). The van der Waals surface area contributed by atoms with Crippen LogP contribution in [0, 0.1) is 11.3 Å². The summed E-state index contributed by atoms with van der Waals surface area (Å²) in [6.07, 6.45) is 3.36. The SMILES string of the molecule is CC1(C)CN(Cc2c(Cl)cncc2Cl)CC1CC(=O)O. The molecule has 1 aromatic rings. The van der Waals surface area contributed by atoms with Crippen molar-refractivity contribution >= 4 is 29.2 Å².